The summed E-state index contributed by atoms with van der Waals surface area (Å²) < 4.78 is 21.2. The van der Waals surface area contributed by atoms with Crippen LogP contribution in [0.1, 0.15) is 63.6 Å². The third kappa shape index (κ3) is 5.42. The van der Waals surface area contributed by atoms with E-state index in [1.807, 2.05) is 10.8 Å². The van der Waals surface area contributed by atoms with Crippen molar-refractivity contribution < 1.29 is 9.13 Å². The molecule has 0 saturated carbocycles. The molecule has 7 heteroatoms. The Kier molecular flexibility index (Phi) is 7.89. The van der Waals surface area contributed by atoms with E-state index in [1.54, 1.807) is 18.9 Å². The first-order chi connectivity index (χ1) is 18.0. The number of aromatic nitrogens is 2. The van der Waals surface area contributed by atoms with Crippen molar-refractivity contribution in [3.8, 4) is 11.6 Å². The molecular weight excluding hydrogens is 483 g/mol. The van der Waals surface area contributed by atoms with Crippen LogP contribution in [0.25, 0.3) is 11.3 Å². The van der Waals surface area contributed by atoms with E-state index in [0.717, 1.165) is 47.9 Å². The Balaban J connectivity index is 1.45. The van der Waals surface area contributed by atoms with Gasteiger partial charge in [0.15, 0.2) is 0 Å². The summed E-state index contributed by atoms with van der Waals surface area (Å²) in [6.07, 6.45) is 12.9. The van der Waals surface area contributed by atoms with Crippen molar-refractivity contribution in [1.29, 1.82) is 0 Å². The SMILES string of the molecule is COc1nc(C2=CSC(N=C3C4=C(CCCC4)CC(C)N3CCF)=CCC2C)ccc1-n1ccc(C)c1. The van der Waals surface area contributed by atoms with Crippen LogP contribution in [-0.2, 0) is 0 Å². The number of ether oxygens (including phenoxy) is 1. The van der Waals surface area contributed by atoms with Crippen LogP contribution in [0.2, 0.25) is 0 Å². The second-order valence-corrected chi connectivity index (χ2v) is 11.2. The highest BCUT2D eigenvalue weighted by Gasteiger charge is 2.31. The predicted octanol–water partition coefficient (Wildman–Crippen LogP) is 7.48. The number of rotatable bonds is 6. The molecule has 2 atom stereocenters. The lowest BCUT2D eigenvalue weighted by atomic mass is 9.83. The Hall–Kier alpha value is -2.80. The Morgan fingerprint density at radius 2 is 2.03 bits per heavy atom. The van der Waals surface area contributed by atoms with E-state index in [9.17, 15) is 4.39 Å². The van der Waals surface area contributed by atoms with Gasteiger partial charge in [-0.3, -0.25) is 0 Å². The zero-order chi connectivity index (χ0) is 25.9. The molecule has 4 heterocycles. The number of hydrogen-bond acceptors (Lipinski definition) is 4. The molecule has 2 aromatic rings. The van der Waals surface area contributed by atoms with Crippen molar-refractivity contribution in [2.45, 2.75) is 65.3 Å². The van der Waals surface area contributed by atoms with Gasteiger partial charge < -0.3 is 14.2 Å². The van der Waals surface area contributed by atoms with Crippen molar-refractivity contribution in [3.05, 3.63) is 69.5 Å². The largest absolute Gasteiger partial charge is 0.479 e. The van der Waals surface area contributed by atoms with Gasteiger partial charge in [0, 0.05) is 25.0 Å². The first-order valence-electron chi connectivity index (χ1n) is 13.4. The van der Waals surface area contributed by atoms with Gasteiger partial charge in [0.2, 0.25) is 5.88 Å². The molecule has 196 valence electrons. The van der Waals surface area contributed by atoms with Crippen molar-refractivity contribution >= 4 is 23.2 Å². The molecule has 2 aromatic heterocycles. The first-order valence-corrected chi connectivity index (χ1v) is 14.3. The number of hydrogen-bond donors (Lipinski definition) is 0. The summed E-state index contributed by atoms with van der Waals surface area (Å²) in [5.74, 6) is 1.90. The highest BCUT2D eigenvalue weighted by atomic mass is 32.2. The Labute approximate surface area is 224 Å². The summed E-state index contributed by atoms with van der Waals surface area (Å²) >= 11 is 1.65. The summed E-state index contributed by atoms with van der Waals surface area (Å²) in [5.41, 5.74) is 7.12. The second-order valence-electron chi connectivity index (χ2n) is 10.4. The summed E-state index contributed by atoms with van der Waals surface area (Å²) in [7, 11) is 1.67. The van der Waals surface area contributed by atoms with Crippen molar-refractivity contribution in [2.75, 3.05) is 20.3 Å². The number of halogens is 1. The average molecular weight is 521 g/mol. The standard InChI is InChI=1S/C30H37FN4OS/c1-20-13-15-34(18-20)27-11-10-26(32-30(27)36-4)25-19-37-28(12-9-21(25)2)33-29-24-8-6-5-7-23(24)17-22(3)35(29)16-14-31/h10-13,15,18-19,21-22H,5-9,14,16-17H2,1-4H3. The van der Waals surface area contributed by atoms with Gasteiger partial charge in [0.25, 0.3) is 0 Å². The van der Waals surface area contributed by atoms with Crippen LogP contribution in [0.15, 0.2) is 63.2 Å². The van der Waals surface area contributed by atoms with Gasteiger partial charge in [-0.05, 0) is 98.6 Å². The molecule has 0 spiro atoms. The van der Waals surface area contributed by atoms with E-state index < -0.39 is 0 Å². The van der Waals surface area contributed by atoms with Crippen molar-refractivity contribution in [3.63, 3.8) is 0 Å². The van der Waals surface area contributed by atoms with E-state index in [2.05, 4.69) is 61.6 Å². The smallest absolute Gasteiger partial charge is 0.238 e. The minimum atomic E-state index is -0.356. The van der Waals surface area contributed by atoms with Crippen LogP contribution in [0.3, 0.4) is 0 Å². The fraction of sp³-hybridized carbons (Fsp3) is 0.467. The summed E-state index contributed by atoms with van der Waals surface area (Å²) in [6, 6.07) is 6.51. The van der Waals surface area contributed by atoms with E-state index in [0.29, 0.717) is 18.3 Å². The Bertz CT molecular complexity index is 1270. The van der Waals surface area contributed by atoms with Gasteiger partial charge in [-0.1, -0.05) is 30.3 Å². The fourth-order valence-corrected chi connectivity index (χ4v) is 6.57. The van der Waals surface area contributed by atoms with Crippen LogP contribution in [-0.4, -0.2) is 46.7 Å². The van der Waals surface area contributed by atoms with Gasteiger partial charge in [-0.25, -0.2) is 14.4 Å². The number of amidine groups is 1. The molecule has 1 aliphatic carbocycles. The van der Waals surface area contributed by atoms with Crippen LogP contribution in [0, 0.1) is 12.8 Å². The number of alkyl halides is 1. The molecule has 2 unspecified atom stereocenters. The molecule has 5 nitrogen and oxygen atoms in total. The Morgan fingerprint density at radius 3 is 2.78 bits per heavy atom. The van der Waals surface area contributed by atoms with Crippen molar-refractivity contribution in [1.82, 2.24) is 14.5 Å². The molecule has 0 N–H and O–H groups in total. The lowest BCUT2D eigenvalue weighted by Gasteiger charge is -2.40. The molecule has 0 bridgehead atoms. The zero-order valence-corrected chi connectivity index (χ0v) is 23.2. The van der Waals surface area contributed by atoms with Crippen LogP contribution in [0.4, 0.5) is 4.39 Å². The third-order valence-corrected chi connectivity index (χ3v) is 8.54. The maximum absolute atomic E-state index is 13.5. The number of thioether (sulfide) groups is 1. The van der Waals surface area contributed by atoms with Crippen molar-refractivity contribution in [2.24, 2.45) is 10.9 Å². The van der Waals surface area contributed by atoms with Crippen LogP contribution in [0.5, 0.6) is 5.88 Å². The first kappa shape index (κ1) is 25.8. The second kappa shape index (κ2) is 11.3. The lowest BCUT2D eigenvalue weighted by molar-refractivity contribution is 0.281. The van der Waals surface area contributed by atoms with Crippen LogP contribution >= 0.6 is 11.8 Å². The van der Waals surface area contributed by atoms with E-state index in [-0.39, 0.29) is 12.7 Å². The normalized spacial score (nSPS) is 23.5. The lowest BCUT2D eigenvalue weighted by Crippen LogP contribution is -2.45. The molecule has 0 amide bonds. The third-order valence-electron chi connectivity index (χ3n) is 7.67. The zero-order valence-electron chi connectivity index (χ0n) is 22.3. The molecule has 2 aliphatic heterocycles. The molecule has 0 fully saturated rings. The number of aryl methyl sites for hydroxylation is 1. The van der Waals surface area contributed by atoms with E-state index >= 15 is 0 Å². The van der Waals surface area contributed by atoms with Gasteiger partial charge in [-0.2, -0.15) is 0 Å². The maximum Gasteiger partial charge on any atom is 0.238 e. The maximum atomic E-state index is 13.5. The van der Waals surface area contributed by atoms with Crippen LogP contribution < -0.4 is 4.74 Å². The van der Waals surface area contributed by atoms with E-state index in [4.69, 9.17) is 14.7 Å². The molecule has 37 heavy (non-hydrogen) atoms. The number of allylic oxidation sites excluding steroid dienone is 2. The molecular formula is C30H37FN4OS. The Morgan fingerprint density at radius 1 is 1.19 bits per heavy atom. The fourth-order valence-electron chi connectivity index (χ4n) is 5.64. The molecule has 0 aromatic carbocycles. The summed E-state index contributed by atoms with van der Waals surface area (Å²) in [6.45, 7) is 6.56. The minimum Gasteiger partial charge on any atom is -0.479 e. The number of aliphatic imine (C=N–C) groups is 1. The van der Waals surface area contributed by atoms with Gasteiger partial charge in [0.1, 0.15) is 18.2 Å². The van der Waals surface area contributed by atoms with Gasteiger partial charge in [-0.15, -0.1) is 0 Å². The summed E-state index contributed by atoms with van der Waals surface area (Å²) in [5, 5.41) is 3.18. The predicted molar refractivity (Wildman–Crippen MR) is 152 cm³/mol. The minimum absolute atomic E-state index is 0.284. The average Bonchev–Trinajstić information content (AvgIpc) is 3.25. The quantitative estimate of drug-likeness (QED) is 0.396. The molecule has 0 radical (unpaired) electrons. The molecule has 0 saturated heterocycles. The number of methoxy groups -OCH3 is 1. The molecule has 5 rings (SSSR count). The van der Waals surface area contributed by atoms with Gasteiger partial charge >= 0.3 is 0 Å². The topological polar surface area (TPSA) is 42.7 Å². The number of nitrogens with zero attached hydrogens (tertiary/aromatic N) is 4. The highest BCUT2D eigenvalue weighted by molar-refractivity contribution is 8.06. The number of pyridine rings is 1. The highest BCUT2D eigenvalue weighted by Crippen LogP contribution is 2.39. The van der Waals surface area contributed by atoms with E-state index in [1.165, 1.54) is 35.1 Å². The monoisotopic (exact) mass is 520 g/mol. The molecule has 3 aliphatic rings. The summed E-state index contributed by atoms with van der Waals surface area (Å²) in [4.78, 5) is 12.3. The van der Waals surface area contributed by atoms with Gasteiger partial charge in [0.05, 0.1) is 17.8 Å².